The van der Waals surface area contributed by atoms with Gasteiger partial charge in [-0.1, -0.05) is 49.4 Å². The molecule has 3 aromatic rings. The normalized spacial score (nSPS) is 14.3. The molecule has 0 aliphatic heterocycles. The average Bonchev–Trinajstić information content (AvgIpc) is 2.92. The van der Waals surface area contributed by atoms with E-state index in [0.29, 0.717) is 0 Å². The maximum absolute atomic E-state index is 10.7. The van der Waals surface area contributed by atoms with Crippen LogP contribution in [0.4, 0.5) is 0 Å². The second-order valence-electron chi connectivity index (χ2n) is 4.95. The first-order valence-electron chi connectivity index (χ1n) is 6.57. The fraction of sp³-hybridized carbons (Fsp3) is 0.176. The number of hydrogen-bond acceptors (Lipinski definition) is 2. The number of hydrogen-bond donors (Lipinski definition) is 1. The van der Waals surface area contributed by atoms with Crippen molar-refractivity contribution in [1.29, 1.82) is 0 Å². The van der Waals surface area contributed by atoms with E-state index in [9.17, 15) is 5.11 Å². The van der Waals surface area contributed by atoms with Crippen molar-refractivity contribution in [1.82, 2.24) is 0 Å². The van der Waals surface area contributed by atoms with Crippen molar-refractivity contribution in [3.05, 3.63) is 69.5 Å². The summed E-state index contributed by atoms with van der Waals surface area (Å²) in [5.41, 5.74) is 2.18. The monoisotopic (exact) mass is 346 g/mol. The van der Waals surface area contributed by atoms with Gasteiger partial charge in [-0.15, -0.1) is 11.3 Å². The molecule has 3 rings (SSSR count). The molecule has 2 unspecified atom stereocenters. The molecule has 1 N–H and O–H groups in total. The summed E-state index contributed by atoms with van der Waals surface area (Å²) in [5, 5.41) is 13.9. The van der Waals surface area contributed by atoms with Gasteiger partial charge in [-0.05, 0) is 43.9 Å². The first kappa shape index (κ1) is 13.8. The Morgan fingerprint density at radius 3 is 2.55 bits per heavy atom. The molecule has 0 spiro atoms. The van der Waals surface area contributed by atoms with Gasteiger partial charge in [0.05, 0.1) is 6.10 Å². The van der Waals surface area contributed by atoms with E-state index >= 15 is 0 Å². The molecular weight excluding hydrogens is 332 g/mol. The molecule has 1 heterocycles. The lowest BCUT2D eigenvalue weighted by Gasteiger charge is -2.19. The van der Waals surface area contributed by atoms with Gasteiger partial charge in [0.2, 0.25) is 0 Å². The highest BCUT2D eigenvalue weighted by molar-refractivity contribution is 9.10. The molecule has 0 saturated heterocycles. The molecule has 102 valence electrons. The molecule has 0 aliphatic rings. The summed E-state index contributed by atoms with van der Waals surface area (Å²) in [5.74, 6) is 0.0768. The van der Waals surface area contributed by atoms with E-state index in [1.54, 1.807) is 11.3 Å². The molecule has 2 aromatic carbocycles. The second-order valence-corrected chi connectivity index (χ2v) is 6.69. The van der Waals surface area contributed by atoms with Crippen molar-refractivity contribution in [2.45, 2.75) is 18.9 Å². The molecule has 0 saturated carbocycles. The number of aliphatic hydroxyl groups is 1. The van der Waals surface area contributed by atoms with E-state index in [1.807, 2.05) is 30.3 Å². The van der Waals surface area contributed by atoms with E-state index in [1.165, 1.54) is 4.70 Å². The fourth-order valence-corrected chi connectivity index (χ4v) is 4.13. The molecule has 0 aliphatic carbocycles. The second kappa shape index (κ2) is 5.68. The first-order valence-corrected chi connectivity index (χ1v) is 8.24. The van der Waals surface area contributed by atoms with Crippen molar-refractivity contribution in [3.8, 4) is 0 Å². The highest BCUT2D eigenvalue weighted by atomic mass is 79.9. The molecule has 1 aromatic heterocycles. The summed E-state index contributed by atoms with van der Waals surface area (Å²) >= 11 is 5.24. The lowest BCUT2D eigenvalue weighted by Crippen LogP contribution is -2.07. The largest absolute Gasteiger partial charge is 0.388 e. The Morgan fingerprint density at radius 1 is 1.05 bits per heavy atom. The summed E-state index contributed by atoms with van der Waals surface area (Å²) in [6.45, 7) is 2.07. The molecular formula is C17H15BrOS. The average molecular weight is 347 g/mol. The van der Waals surface area contributed by atoms with Crippen LogP contribution in [0.15, 0.2) is 58.4 Å². The van der Waals surface area contributed by atoms with Gasteiger partial charge in [0.15, 0.2) is 0 Å². The van der Waals surface area contributed by atoms with Crippen LogP contribution in [-0.4, -0.2) is 5.11 Å². The smallest absolute Gasteiger partial charge is 0.0869 e. The molecule has 0 radical (unpaired) electrons. The van der Waals surface area contributed by atoms with Crippen molar-refractivity contribution in [2.75, 3.05) is 0 Å². The third-order valence-electron chi connectivity index (χ3n) is 3.70. The van der Waals surface area contributed by atoms with Crippen molar-refractivity contribution in [2.24, 2.45) is 0 Å². The molecule has 0 fully saturated rings. The van der Waals surface area contributed by atoms with Gasteiger partial charge in [-0.2, -0.15) is 0 Å². The Bertz CT molecular complexity index is 720. The topological polar surface area (TPSA) is 20.2 Å². The predicted molar refractivity (Wildman–Crippen MR) is 89.3 cm³/mol. The minimum atomic E-state index is -0.486. The highest BCUT2D eigenvalue weighted by Gasteiger charge is 2.21. The van der Waals surface area contributed by atoms with Crippen LogP contribution in [0.3, 0.4) is 0 Å². The van der Waals surface area contributed by atoms with Crippen LogP contribution < -0.4 is 0 Å². The molecule has 20 heavy (non-hydrogen) atoms. The minimum Gasteiger partial charge on any atom is -0.388 e. The van der Waals surface area contributed by atoms with Gasteiger partial charge in [0.1, 0.15) is 0 Å². The third-order valence-corrected chi connectivity index (χ3v) is 5.67. The van der Waals surface area contributed by atoms with Crippen LogP contribution in [0.1, 0.15) is 30.1 Å². The maximum Gasteiger partial charge on any atom is 0.0869 e. The predicted octanol–water partition coefficient (Wildman–Crippen LogP) is 5.50. The van der Waals surface area contributed by atoms with Gasteiger partial charge < -0.3 is 5.11 Å². The number of aliphatic hydroxyl groups excluding tert-OH is 1. The van der Waals surface area contributed by atoms with E-state index in [-0.39, 0.29) is 5.92 Å². The lowest BCUT2D eigenvalue weighted by atomic mass is 9.91. The Morgan fingerprint density at radius 2 is 1.80 bits per heavy atom. The van der Waals surface area contributed by atoms with Crippen LogP contribution in [0.25, 0.3) is 10.1 Å². The van der Waals surface area contributed by atoms with Gasteiger partial charge in [-0.25, -0.2) is 0 Å². The van der Waals surface area contributed by atoms with Crippen LogP contribution in [0, 0.1) is 0 Å². The standard InChI is InChI=1S/C17H15BrOS/c1-11(12-6-3-2-4-7-12)16(19)14-10-20-17-13(14)8-5-9-15(17)18/h2-11,16,19H,1H3. The first-order chi connectivity index (χ1) is 9.68. The number of rotatable bonds is 3. The van der Waals surface area contributed by atoms with E-state index < -0.39 is 6.10 Å². The summed E-state index contributed by atoms with van der Waals surface area (Å²) in [4.78, 5) is 0. The fourth-order valence-electron chi connectivity index (χ4n) is 2.48. The Hall–Kier alpha value is -1.16. The Balaban J connectivity index is 2.01. The summed E-state index contributed by atoms with van der Waals surface area (Å²) in [7, 11) is 0. The minimum absolute atomic E-state index is 0.0768. The maximum atomic E-state index is 10.7. The number of benzene rings is 2. The summed E-state index contributed by atoms with van der Waals surface area (Å²) in [6.07, 6.45) is -0.486. The molecule has 2 atom stereocenters. The Kier molecular flexibility index (Phi) is 3.92. The van der Waals surface area contributed by atoms with Crippen molar-refractivity contribution < 1.29 is 5.11 Å². The Labute approximate surface area is 131 Å². The third kappa shape index (κ3) is 2.41. The van der Waals surface area contributed by atoms with E-state index in [0.717, 1.165) is 21.0 Å². The van der Waals surface area contributed by atoms with Gasteiger partial charge in [0.25, 0.3) is 0 Å². The number of halogens is 1. The van der Waals surface area contributed by atoms with Crippen LogP contribution in [0.2, 0.25) is 0 Å². The molecule has 3 heteroatoms. The van der Waals surface area contributed by atoms with Gasteiger partial charge in [0, 0.05) is 15.1 Å². The van der Waals surface area contributed by atoms with Crippen molar-refractivity contribution in [3.63, 3.8) is 0 Å². The van der Waals surface area contributed by atoms with E-state index in [4.69, 9.17) is 0 Å². The quantitative estimate of drug-likeness (QED) is 0.663. The highest BCUT2D eigenvalue weighted by Crippen LogP contribution is 2.39. The summed E-state index contributed by atoms with van der Waals surface area (Å²) in [6, 6.07) is 16.3. The summed E-state index contributed by atoms with van der Waals surface area (Å²) < 4.78 is 2.28. The van der Waals surface area contributed by atoms with Crippen LogP contribution in [-0.2, 0) is 0 Å². The van der Waals surface area contributed by atoms with Crippen LogP contribution >= 0.6 is 27.3 Å². The number of thiophene rings is 1. The molecule has 0 bridgehead atoms. The molecule has 1 nitrogen and oxygen atoms in total. The lowest BCUT2D eigenvalue weighted by molar-refractivity contribution is 0.153. The van der Waals surface area contributed by atoms with E-state index in [2.05, 4.69) is 46.4 Å². The zero-order valence-electron chi connectivity index (χ0n) is 11.1. The van der Waals surface area contributed by atoms with Gasteiger partial charge in [-0.3, -0.25) is 0 Å². The van der Waals surface area contributed by atoms with Gasteiger partial charge >= 0.3 is 0 Å². The SMILES string of the molecule is CC(c1ccccc1)C(O)c1csc2c(Br)cccc12. The number of fused-ring (bicyclic) bond motifs is 1. The molecule has 0 amide bonds. The zero-order chi connectivity index (χ0) is 14.1. The van der Waals surface area contributed by atoms with Crippen molar-refractivity contribution >= 4 is 37.4 Å². The van der Waals surface area contributed by atoms with Crippen LogP contribution in [0.5, 0.6) is 0 Å². The zero-order valence-corrected chi connectivity index (χ0v) is 13.5.